The third-order valence-corrected chi connectivity index (χ3v) is 2.20. The summed E-state index contributed by atoms with van der Waals surface area (Å²) in [6.45, 7) is 2.39. The van der Waals surface area contributed by atoms with Crippen molar-refractivity contribution >= 4 is 11.9 Å². The van der Waals surface area contributed by atoms with Crippen LogP contribution in [0.4, 0.5) is 0 Å². The molecule has 0 spiro atoms. The fourth-order valence-electron chi connectivity index (χ4n) is 1.24. The van der Waals surface area contributed by atoms with Gasteiger partial charge in [-0.15, -0.1) is 0 Å². The van der Waals surface area contributed by atoms with Crippen molar-refractivity contribution in [3.8, 4) is 0 Å². The maximum atomic E-state index is 11.4. The van der Waals surface area contributed by atoms with Gasteiger partial charge in [-0.25, -0.2) is 0 Å². The molecule has 0 saturated carbocycles. The number of nitrogens with one attached hydrogen (secondary N) is 1. The molecule has 0 heterocycles. The van der Waals surface area contributed by atoms with Gasteiger partial charge in [0.1, 0.15) is 0 Å². The van der Waals surface area contributed by atoms with Crippen molar-refractivity contribution in [2.24, 2.45) is 5.92 Å². The zero-order valence-corrected chi connectivity index (χ0v) is 10.2. The number of carboxylic acids is 1. The summed E-state index contributed by atoms with van der Waals surface area (Å²) in [5.74, 6) is -2.06. The first-order valence-corrected chi connectivity index (χ1v) is 5.88. The Hall–Kier alpha value is -1.36. The Morgan fingerprint density at radius 1 is 1.41 bits per heavy atom. The molecule has 0 aromatic rings. The molecule has 5 nitrogen and oxygen atoms in total. The van der Waals surface area contributed by atoms with Gasteiger partial charge in [-0.05, 0) is 12.8 Å². The van der Waals surface area contributed by atoms with Crippen LogP contribution in [0.1, 0.15) is 32.6 Å². The summed E-state index contributed by atoms with van der Waals surface area (Å²) in [5.41, 5.74) is 0. The van der Waals surface area contributed by atoms with Crippen LogP contribution >= 0.6 is 0 Å². The number of carbonyl (C=O) groups excluding carboxylic acids is 1. The molecule has 3 N–H and O–H groups in total. The Balaban J connectivity index is 4.06. The molecule has 0 bridgehead atoms. The second-order valence-electron chi connectivity index (χ2n) is 3.79. The smallest absolute Gasteiger partial charge is 0.310 e. The normalized spacial score (nSPS) is 12.6. The number of unbranched alkanes of at least 4 members (excludes halogenated alkanes) is 1. The first kappa shape index (κ1) is 15.6. The van der Waals surface area contributed by atoms with Crippen LogP contribution in [0.3, 0.4) is 0 Å². The fourth-order valence-corrected chi connectivity index (χ4v) is 1.24. The Kier molecular flexibility index (Phi) is 9.05. The van der Waals surface area contributed by atoms with E-state index >= 15 is 0 Å². The number of carbonyl (C=O) groups is 2. The second kappa shape index (κ2) is 9.84. The van der Waals surface area contributed by atoms with Gasteiger partial charge >= 0.3 is 5.97 Å². The molecule has 1 unspecified atom stereocenters. The number of hydrogen-bond donors (Lipinski definition) is 3. The van der Waals surface area contributed by atoms with Crippen molar-refractivity contribution in [1.82, 2.24) is 5.32 Å². The van der Waals surface area contributed by atoms with Crippen LogP contribution in [0.25, 0.3) is 0 Å². The van der Waals surface area contributed by atoms with Gasteiger partial charge in [-0.1, -0.05) is 25.5 Å². The van der Waals surface area contributed by atoms with Crippen molar-refractivity contribution < 1.29 is 19.8 Å². The SMILES string of the molecule is CCCC=CC(CC(=O)NCCCO)C(=O)O. The van der Waals surface area contributed by atoms with E-state index in [4.69, 9.17) is 10.2 Å². The zero-order chi connectivity index (χ0) is 13.1. The molecule has 1 atom stereocenters. The van der Waals surface area contributed by atoms with Crippen LogP contribution in [-0.2, 0) is 9.59 Å². The van der Waals surface area contributed by atoms with Crippen molar-refractivity contribution in [1.29, 1.82) is 0 Å². The lowest BCUT2D eigenvalue weighted by Gasteiger charge is -2.08. The lowest BCUT2D eigenvalue weighted by atomic mass is 10.0. The van der Waals surface area contributed by atoms with E-state index in [1.54, 1.807) is 12.2 Å². The molecule has 0 saturated heterocycles. The zero-order valence-electron chi connectivity index (χ0n) is 10.2. The largest absolute Gasteiger partial charge is 0.481 e. The third-order valence-electron chi connectivity index (χ3n) is 2.20. The highest BCUT2D eigenvalue weighted by Crippen LogP contribution is 2.07. The first-order valence-electron chi connectivity index (χ1n) is 5.88. The van der Waals surface area contributed by atoms with E-state index in [1.165, 1.54) is 0 Å². The summed E-state index contributed by atoms with van der Waals surface area (Å²) in [5, 5.41) is 20.0. The molecule has 0 radical (unpaired) electrons. The molecule has 0 aliphatic rings. The summed E-state index contributed by atoms with van der Waals surface area (Å²) >= 11 is 0. The molecular weight excluding hydrogens is 222 g/mol. The number of allylic oxidation sites excluding steroid dienone is 1. The van der Waals surface area contributed by atoms with E-state index < -0.39 is 11.9 Å². The molecule has 0 aliphatic heterocycles. The molecule has 0 rings (SSSR count). The fraction of sp³-hybridized carbons (Fsp3) is 0.667. The Morgan fingerprint density at radius 2 is 2.12 bits per heavy atom. The Morgan fingerprint density at radius 3 is 2.65 bits per heavy atom. The topological polar surface area (TPSA) is 86.6 Å². The number of aliphatic hydroxyl groups excluding tert-OH is 1. The third kappa shape index (κ3) is 8.45. The van der Waals surface area contributed by atoms with E-state index in [1.807, 2.05) is 6.92 Å². The number of carboxylic acid groups (broad SMARTS) is 1. The standard InChI is InChI=1S/C12H21NO4/c1-2-3-4-6-10(12(16)17)9-11(15)13-7-5-8-14/h4,6,10,14H,2-3,5,7-9H2,1H3,(H,13,15)(H,16,17). The highest BCUT2D eigenvalue weighted by molar-refractivity contribution is 5.83. The predicted octanol–water partition coefficient (Wildman–Crippen LogP) is 0.932. The number of aliphatic hydroxyl groups is 1. The van der Waals surface area contributed by atoms with Crippen molar-refractivity contribution in [2.75, 3.05) is 13.2 Å². The van der Waals surface area contributed by atoms with Gasteiger partial charge in [-0.2, -0.15) is 0 Å². The van der Waals surface area contributed by atoms with Crippen LogP contribution in [-0.4, -0.2) is 35.2 Å². The maximum Gasteiger partial charge on any atom is 0.310 e. The summed E-state index contributed by atoms with van der Waals surface area (Å²) < 4.78 is 0. The molecule has 0 aromatic carbocycles. The summed E-state index contributed by atoms with van der Waals surface area (Å²) in [6.07, 6.45) is 5.55. The first-order chi connectivity index (χ1) is 8.11. The highest BCUT2D eigenvalue weighted by atomic mass is 16.4. The van der Waals surface area contributed by atoms with Gasteiger partial charge in [0.2, 0.25) is 5.91 Å². The van der Waals surface area contributed by atoms with Crippen LogP contribution in [0.2, 0.25) is 0 Å². The van der Waals surface area contributed by atoms with Crippen LogP contribution in [0.15, 0.2) is 12.2 Å². The van der Waals surface area contributed by atoms with E-state index in [0.29, 0.717) is 13.0 Å². The van der Waals surface area contributed by atoms with Gasteiger partial charge in [0.15, 0.2) is 0 Å². The average Bonchev–Trinajstić information content (AvgIpc) is 2.28. The minimum Gasteiger partial charge on any atom is -0.481 e. The van der Waals surface area contributed by atoms with Gasteiger partial charge in [0.05, 0.1) is 5.92 Å². The van der Waals surface area contributed by atoms with Gasteiger partial charge < -0.3 is 15.5 Å². The molecule has 0 fully saturated rings. The maximum absolute atomic E-state index is 11.4. The molecule has 17 heavy (non-hydrogen) atoms. The van der Waals surface area contributed by atoms with Crippen LogP contribution in [0, 0.1) is 5.92 Å². The number of amides is 1. The van der Waals surface area contributed by atoms with Gasteiger partial charge in [0.25, 0.3) is 0 Å². The van der Waals surface area contributed by atoms with Crippen molar-refractivity contribution in [3.63, 3.8) is 0 Å². The van der Waals surface area contributed by atoms with Crippen molar-refractivity contribution in [2.45, 2.75) is 32.6 Å². The van der Waals surface area contributed by atoms with Gasteiger partial charge in [0, 0.05) is 19.6 Å². The van der Waals surface area contributed by atoms with Crippen LogP contribution < -0.4 is 5.32 Å². The molecule has 0 aliphatic carbocycles. The van der Waals surface area contributed by atoms with E-state index in [0.717, 1.165) is 12.8 Å². The monoisotopic (exact) mass is 243 g/mol. The summed E-state index contributed by atoms with van der Waals surface area (Å²) in [4.78, 5) is 22.3. The van der Waals surface area contributed by atoms with E-state index in [9.17, 15) is 9.59 Å². The van der Waals surface area contributed by atoms with Gasteiger partial charge in [-0.3, -0.25) is 9.59 Å². The lowest BCUT2D eigenvalue weighted by Crippen LogP contribution is -2.28. The molecule has 1 amide bonds. The number of rotatable bonds is 9. The highest BCUT2D eigenvalue weighted by Gasteiger charge is 2.17. The predicted molar refractivity (Wildman–Crippen MR) is 64.5 cm³/mol. The molecule has 98 valence electrons. The van der Waals surface area contributed by atoms with Crippen LogP contribution in [0.5, 0.6) is 0 Å². The number of aliphatic carboxylic acids is 1. The molecular formula is C12H21NO4. The second-order valence-corrected chi connectivity index (χ2v) is 3.79. The van der Waals surface area contributed by atoms with E-state index in [-0.39, 0.29) is 18.9 Å². The quantitative estimate of drug-likeness (QED) is 0.415. The summed E-state index contributed by atoms with van der Waals surface area (Å²) in [7, 11) is 0. The summed E-state index contributed by atoms with van der Waals surface area (Å²) in [6, 6.07) is 0. The Labute approximate surface area is 102 Å². The Bertz CT molecular complexity index is 263. The average molecular weight is 243 g/mol. The van der Waals surface area contributed by atoms with E-state index in [2.05, 4.69) is 5.32 Å². The number of hydrogen-bond acceptors (Lipinski definition) is 3. The van der Waals surface area contributed by atoms with Crippen molar-refractivity contribution in [3.05, 3.63) is 12.2 Å². The molecule has 0 aromatic heterocycles. The minimum absolute atomic E-state index is 0.0129. The lowest BCUT2D eigenvalue weighted by molar-refractivity contribution is -0.142. The molecule has 5 heteroatoms. The minimum atomic E-state index is -0.991.